The fraction of sp³-hybridized carbons (Fsp3) is 0.500. The van der Waals surface area contributed by atoms with Crippen molar-refractivity contribution in [2.75, 3.05) is 6.61 Å². The Hall–Kier alpha value is -1.25. The normalized spacial score (nSPS) is 11.0. The summed E-state index contributed by atoms with van der Waals surface area (Å²) in [6.07, 6.45) is 5.81. The number of rotatable bonds is 7. The predicted molar refractivity (Wildman–Crippen MR) is 51.4 cm³/mol. The summed E-state index contributed by atoms with van der Waals surface area (Å²) in [6, 6.07) is 0. The second-order valence-corrected chi connectivity index (χ2v) is 2.73. The molecule has 0 rings (SSSR count). The molecule has 74 valence electrons. The lowest BCUT2D eigenvalue weighted by Gasteiger charge is -1.98. The topological polar surface area (TPSA) is 46.5 Å². The third-order valence-electron chi connectivity index (χ3n) is 1.62. The van der Waals surface area contributed by atoms with E-state index in [9.17, 15) is 4.79 Å². The molecule has 0 aromatic heterocycles. The molecule has 0 radical (unpaired) electrons. The molecular weight excluding hydrogens is 168 g/mol. The number of hydrogen-bond donors (Lipinski definition) is 1. The molecule has 3 nitrogen and oxygen atoms in total. The van der Waals surface area contributed by atoms with Crippen molar-refractivity contribution in [2.24, 2.45) is 0 Å². The molecule has 0 aromatic rings. The van der Waals surface area contributed by atoms with Gasteiger partial charge in [0.05, 0.1) is 12.9 Å². The van der Waals surface area contributed by atoms with Gasteiger partial charge in [0.2, 0.25) is 0 Å². The summed E-state index contributed by atoms with van der Waals surface area (Å²) in [5.41, 5.74) is 0.407. The number of hydrogen-bond acceptors (Lipinski definition) is 2. The van der Waals surface area contributed by atoms with Crippen LogP contribution in [0.1, 0.15) is 26.2 Å². The first kappa shape index (κ1) is 11.8. The van der Waals surface area contributed by atoms with E-state index in [1.807, 2.05) is 0 Å². The van der Waals surface area contributed by atoms with Crippen LogP contribution < -0.4 is 0 Å². The van der Waals surface area contributed by atoms with Gasteiger partial charge in [0.1, 0.15) is 0 Å². The molecule has 0 saturated carbocycles. The number of carbonyl (C=O) groups is 1. The van der Waals surface area contributed by atoms with Crippen molar-refractivity contribution in [1.82, 2.24) is 0 Å². The number of ether oxygens (including phenoxy) is 1. The SMILES string of the molecule is C=COCCCCC=C(C)C(=O)O. The summed E-state index contributed by atoms with van der Waals surface area (Å²) in [4.78, 5) is 10.4. The zero-order valence-corrected chi connectivity index (χ0v) is 7.95. The second kappa shape index (κ2) is 7.40. The number of carboxylic acid groups (broad SMARTS) is 1. The standard InChI is InChI=1S/C10H16O3/c1-3-13-8-6-4-5-7-9(2)10(11)12/h3,7H,1,4-6,8H2,2H3,(H,11,12). The molecule has 0 amide bonds. The van der Waals surface area contributed by atoms with Crippen LogP contribution in [0.15, 0.2) is 24.5 Å². The lowest BCUT2D eigenvalue weighted by atomic mass is 10.2. The van der Waals surface area contributed by atoms with Crippen molar-refractivity contribution in [3.8, 4) is 0 Å². The van der Waals surface area contributed by atoms with Gasteiger partial charge in [-0.25, -0.2) is 4.79 Å². The first-order valence-electron chi connectivity index (χ1n) is 4.31. The quantitative estimate of drug-likeness (QED) is 0.375. The molecule has 0 saturated heterocycles. The molecule has 0 aromatic carbocycles. The predicted octanol–water partition coefficient (Wildman–Crippen LogP) is 2.35. The van der Waals surface area contributed by atoms with E-state index in [0.29, 0.717) is 12.2 Å². The Balaban J connectivity index is 3.39. The first-order chi connectivity index (χ1) is 6.18. The van der Waals surface area contributed by atoms with Crippen LogP contribution in [-0.4, -0.2) is 17.7 Å². The third-order valence-corrected chi connectivity index (χ3v) is 1.62. The minimum atomic E-state index is -0.845. The van der Waals surface area contributed by atoms with E-state index in [0.717, 1.165) is 19.3 Å². The molecule has 0 aliphatic heterocycles. The third kappa shape index (κ3) is 7.12. The van der Waals surface area contributed by atoms with E-state index < -0.39 is 5.97 Å². The highest BCUT2D eigenvalue weighted by molar-refractivity contribution is 5.85. The van der Waals surface area contributed by atoms with Crippen LogP contribution in [0.25, 0.3) is 0 Å². The van der Waals surface area contributed by atoms with Gasteiger partial charge in [-0.05, 0) is 26.2 Å². The lowest BCUT2D eigenvalue weighted by Crippen LogP contribution is -1.95. The number of unbranched alkanes of at least 4 members (excludes halogenated alkanes) is 2. The van der Waals surface area contributed by atoms with Gasteiger partial charge in [0, 0.05) is 5.57 Å². The van der Waals surface area contributed by atoms with Crippen LogP contribution >= 0.6 is 0 Å². The van der Waals surface area contributed by atoms with Gasteiger partial charge < -0.3 is 9.84 Å². The van der Waals surface area contributed by atoms with E-state index >= 15 is 0 Å². The van der Waals surface area contributed by atoms with Crippen LogP contribution in [0, 0.1) is 0 Å². The Labute approximate surface area is 78.7 Å². The van der Waals surface area contributed by atoms with E-state index in [4.69, 9.17) is 9.84 Å². The van der Waals surface area contributed by atoms with E-state index in [2.05, 4.69) is 6.58 Å². The molecule has 1 N–H and O–H groups in total. The average Bonchev–Trinajstić information content (AvgIpc) is 2.10. The molecule has 3 heteroatoms. The first-order valence-corrected chi connectivity index (χ1v) is 4.31. The minimum absolute atomic E-state index is 0.407. The molecule has 0 aliphatic rings. The highest BCUT2D eigenvalue weighted by atomic mass is 16.5. The van der Waals surface area contributed by atoms with Crippen LogP contribution in [0.4, 0.5) is 0 Å². The molecule has 0 aliphatic carbocycles. The molecule has 0 fully saturated rings. The molecule has 0 spiro atoms. The van der Waals surface area contributed by atoms with Crippen molar-refractivity contribution < 1.29 is 14.6 Å². The summed E-state index contributed by atoms with van der Waals surface area (Å²) >= 11 is 0. The Morgan fingerprint density at radius 3 is 2.77 bits per heavy atom. The maximum Gasteiger partial charge on any atom is 0.330 e. The maximum atomic E-state index is 10.4. The minimum Gasteiger partial charge on any atom is -0.502 e. The van der Waals surface area contributed by atoms with Gasteiger partial charge in [0.15, 0.2) is 0 Å². The van der Waals surface area contributed by atoms with Crippen molar-refractivity contribution in [3.05, 3.63) is 24.5 Å². The Kier molecular flexibility index (Phi) is 6.69. The Morgan fingerprint density at radius 1 is 1.54 bits per heavy atom. The van der Waals surface area contributed by atoms with E-state index in [-0.39, 0.29) is 0 Å². The van der Waals surface area contributed by atoms with Gasteiger partial charge in [-0.1, -0.05) is 12.7 Å². The number of carboxylic acids is 1. The van der Waals surface area contributed by atoms with Crippen molar-refractivity contribution >= 4 is 5.97 Å². The molecular formula is C10H16O3. The van der Waals surface area contributed by atoms with Crippen LogP contribution in [0.3, 0.4) is 0 Å². The maximum absolute atomic E-state index is 10.4. The fourth-order valence-electron chi connectivity index (χ4n) is 0.819. The van der Waals surface area contributed by atoms with Crippen molar-refractivity contribution in [2.45, 2.75) is 26.2 Å². The summed E-state index contributed by atoms with van der Waals surface area (Å²) in [6.45, 7) is 5.67. The lowest BCUT2D eigenvalue weighted by molar-refractivity contribution is -0.132. The van der Waals surface area contributed by atoms with Crippen LogP contribution in [0.2, 0.25) is 0 Å². The van der Waals surface area contributed by atoms with Gasteiger partial charge in [-0.2, -0.15) is 0 Å². The van der Waals surface area contributed by atoms with E-state index in [1.54, 1.807) is 13.0 Å². The number of aliphatic carboxylic acids is 1. The second-order valence-electron chi connectivity index (χ2n) is 2.73. The van der Waals surface area contributed by atoms with E-state index in [1.165, 1.54) is 6.26 Å². The number of allylic oxidation sites excluding steroid dienone is 1. The van der Waals surface area contributed by atoms with Gasteiger partial charge in [0.25, 0.3) is 0 Å². The molecule has 0 unspecified atom stereocenters. The summed E-state index contributed by atoms with van der Waals surface area (Å²) < 4.78 is 4.91. The molecule has 0 heterocycles. The summed E-state index contributed by atoms with van der Waals surface area (Å²) in [5.74, 6) is -0.845. The van der Waals surface area contributed by atoms with Gasteiger partial charge >= 0.3 is 5.97 Å². The van der Waals surface area contributed by atoms with Gasteiger partial charge in [-0.3, -0.25) is 0 Å². The average molecular weight is 184 g/mol. The fourth-order valence-corrected chi connectivity index (χ4v) is 0.819. The van der Waals surface area contributed by atoms with Crippen LogP contribution in [0.5, 0.6) is 0 Å². The zero-order valence-electron chi connectivity index (χ0n) is 7.95. The largest absolute Gasteiger partial charge is 0.502 e. The molecule has 0 atom stereocenters. The summed E-state index contributed by atoms with van der Waals surface area (Å²) in [5, 5.41) is 8.52. The van der Waals surface area contributed by atoms with Gasteiger partial charge in [-0.15, -0.1) is 0 Å². The highest BCUT2D eigenvalue weighted by Gasteiger charge is 1.97. The Bertz CT molecular complexity index is 194. The molecule has 0 bridgehead atoms. The smallest absolute Gasteiger partial charge is 0.330 e. The van der Waals surface area contributed by atoms with Crippen LogP contribution in [-0.2, 0) is 9.53 Å². The van der Waals surface area contributed by atoms with Crippen molar-refractivity contribution in [3.63, 3.8) is 0 Å². The highest BCUT2D eigenvalue weighted by Crippen LogP contribution is 2.01. The monoisotopic (exact) mass is 184 g/mol. The Morgan fingerprint density at radius 2 is 2.23 bits per heavy atom. The summed E-state index contributed by atoms with van der Waals surface area (Å²) in [7, 11) is 0. The van der Waals surface area contributed by atoms with Crippen molar-refractivity contribution in [1.29, 1.82) is 0 Å². The zero-order chi connectivity index (χ0) is 10.1. The molecule has 13 heavy (non-hydrogen) atoms.